The Morgan fingerprint density at radius 1 is 0.913 bits per heavy atom. The van der Waals surface area contributed by atoms with E-state index in [0.717, 1.165) is 24.8 Å². The van der Waals surface area contributed by atoms with Crippen LogP contribution >= 0.6 is 18.2 Å². The van der Waals surface area contributed by atoms with Gasteiger partial charge in [0.05, 0.1) is 0 Å². The van der Waals surface area contributed by atoms with Gasteiger partial charge < -0.3 is 20.0 Å². The van der Waals surface area contributed by atoms with E-state index in [0.29, 0.717) is 28.3 Å². The fraction of sp³-hybridized carbons (Fsp3) is 0.250. The smallest absolute Gasteiger partial charge is 0.388 e. The van der Waals surface area contributed by atoms with E-state index in [-0.39, 0.29) is 11.5 Å². The van der Waals surface area contributed by atoms with Crippen LogP contribution in [0.2, 0.25) is 0 Å². The molecule has 0 aliphatic carbocycles. The predicted octanol–water partition coefficient (Wildman–Crippen LogP) is 3.85. The van der Waals surface area contributed by atoms with Gasteiger partial charge in [0, 0.05) is 10.5 Å². The number of aryl methyl sites for hydroxylation is 1. The third-order valence-corrected chi connectivity index (χ3v) is 5.52. The molecule has 0 bridgehead atoms. The minimum Gasteiger partial charge on any atom is -0.508 e. The molecule has 0 atom stereocenters. The Kier molecular flexibility index (Phi) is 6.13. The molecule has 124 valence electrons. The summed E-state index contributed by atoms with van der Waals surface area (Å²) in [6.45, 7) is -4.24. The van der Waals surface area contributed by atoms with Gasteiger partial charge in [-0.15, -0.1) is 0 Å². The second-order valence-corrected chi connectivity index (χ2v) is 8.79. The van der Waals surface area contributed by atoms with Gasteiger partial charge in [0.1, 0.15) is 11.5 Å². The van der Waals surface area contributed by atoms with Crippen molar-refractivity contribution in [2.24, 2.45) is 0 Å². The molecule has 7 heteroatoms. The van der Waals surface area contributed by atoms with E-state index in [1.54, 1.807) is 24.3 Å². The minimum atomic E-state index is -4.24. The largest absolute Gasteiger partial charge is 0.508 e. The molecule has 0 heterocycles. The first-order valence-electron chi connectivity index (χ1n) is 7.19. The normalized spacial score (nSPS) is 11.6. The maximum atomic E-state index is 11.2. The average Bonchev–Trinajstić information content (AvgIpc) is 2.46. The van der Waals surface area contributed by atoms with Crippen LogP contribution < -0.4 is 0 Å². The molecule has 0 spiro atoms. The SMILES string of the molecule is O=P(O)(O)Sc1cccc(O)c1CCCCc1ccc(O)cc1. The van der Waals surface area contributed by atoms with E-state index in [2.05, 4.69) is 0 Å². The van der Waals surface area contributed by atoms with Gasteiger partial charge in [-0.2, -0.15) is 0 Å². The minimum absolute atomic E-state index is 0.0630. The van der Waals surface area contributed by atoms with Crippen LogP contribution in [0.5, 0.6) is 11.5 Å². The summed E-state index contributed by atoms with van der Waals surface area (Å²) in [5, 5.41) is 19.2. The van der Waals surface area contributed by atoms with Crippen LogP contribution in [0.3, 0.4) is 0 Å². The standard InChI is InChI=1S/C16H19O5PS/c17-13-10-8-12(9-11-13)4-1-2-5-14-15(18)6-3-7-16(14)23-22(19,20)21/h3,6-11,17-18H,1-2,4-5H2,(H2,19,20,21). The second-order valence-electron chi connectivity index (χ2n) is 5.21. The molecule has 0 aliphatic heterocycles. The van der Waals surface area contributed by atoms with E-state index < -0.39 is 6.80 Å². The lowest BCUT2D eigenvalue weighted by molar-refractivity contribution is 0.397. The van der Waals surface area contributed by atoms with Crippen molar-refractivity contribution in [1.82, 2.24) is 0 Å². The van der Waals surface area contributed by atoms with Crippen molar-refractivity contribution in [3.8, 4) is 11.5 Å². The Hall–Kier alpha value is -1.46. The van der Waals surface area contributed by atoms with E-state index in [9.17, 15) is 14.8 Å². The summed E-state index contributed by atoms with van der Waals surface area (Å²) in [5.74, 6) is 0.301. The van der Waals surface area contributed by atoms with Crippen LogP contribution in [0, 0.1) is 0 Å². The fourth-order valence-corrected chi connectivity index (χ4v) is 4.31. The third-order valence-electron chi connectivity index (χ3n) is 3.40. The van der Waals surface area contributed by atoms with Crippen LogP contribution in [0.15, 0.2) is 47.4 Å². The summed E-state index contributed by atoms with van der Waals surface area (Å²) in [6.07, 6.45) is 3.05. The number of hydrogen-bond acceptors (Lipinski definition) is 4. The molecule has 5 nitrogen and oxygen atoms in total. The first kappa shape index (κ1) is 17.9. The van der Waals surface area contributed by atoms with Crippen LogP contribution in [0.4, 0.5) is 0 Å². The maximum absolute atomic E-state index is 11.2. The number of unbranched alkanes of at least 4 members (excludes halogenated alkanes) is 1. The number of phenols is 2. The lowest BCUT2D eigenvalue weighted by Gasteiger charge is -2.11. The lowest BCUT2D eigenvalue weighted by Crippen LogP contribution is -1.92. The zero-order valence-corrected chi connectivity index (χ0v) is 14.1. The highest BCUT2D eigenvalue weighted by Gasteiger charge is 2.19. The van der Waals surface area contributed by atoms with Crippen LogP contribution in [-0.2, 0) is 17.4 Å². The molecule has 2 aromatic rings. The van der Waals surface area contributed by atoms with Gasteiger partial charge in [-0.25, -0.2) is 4.57 Å². The molecule has 0 unspecified atom stereocenters. The topological polar surface area (TPSA) is 98.0 Å². The third kappa shape index (κ3) is 5.92. The summed E-state index contributed by atoms with van der Waals surface area (Å²) in [6, 6.07) is 11.7. The second kappa shape index (κ2) is 7.88. The summed E-state index contributed by atoms with van der Waals surface area (Å²) in [5.41, 5.74) is 1.69. The van der Waals surface area contributed by atoms with E-state index in [1.165, 1.54) is 6.07 Å². The zero-order chi connectivity index (χ0) is 16.9. The van der Waals surface area contributed by atoms with Crippen molar-refractivity contribution in [3.05, 3.63) is 53.6 Å². The van der Waals surface area contributed by atoms with Crippen LogP contribution in [0.1, 0.15) is 24.0 Å². The molecule has 0 aliphatic rings. The monoisotopic (exact) mass is 354 g/mol. The van der Waals surface area contributed by atoms with Gasteiger partial charge >= 0.3 is 6.80 Å². The predicted molar refractivity (Wildman–Crippen MR) is 90.8 cm³/mol. The van der Waals surface area contributed by atoms with Crippen molar-refractivity contribution < 1.29 is 24.6 Å². The Bertz CT molecular complexity index is 696. The molecule has 0 saturated heterocycles. The van der Waals surface area contributed by atoms with Crippen molar-refractivity contribution in [2.45, 2.75) is 30.6 Å². The van der Waals surface area contributed by atoms with E-state index in [4.69, 9.17) is 9.79 Å². The summed E-state index contributed by atoms with van der Waals surface area (Å²) < 4.78 is 11.2. The Labute approximate surface area is 138 Å². The van der Waals surface area contributed by atoms with Gasteiger partial charge in [0.25, 0.3) is 0 Å². The molecular weight excluding hydrogens is 335 g/mol. The van der Waals surface area contributed by atoms with Crippen LogP contribution in [0.25, 0.3) is 0 Å². The molecule has 4 N–H and O–H groups in total. The number of rotatable bonds is 7. The van der Waals surface area contributed by atoms with Gasteiger partial charge in [-0.3, -0.25) is 0 Å². The van der Waals surface area contributed by atoms with E-state index in [1.807, 2.05) is 12.1 Å². The highest BCUT2D eigenvalue weighted by atomic mass is 32.7. The van der Waals surface area contributed by atoms with Gasteiger partial charge in [-0.1, -0.05) is 18.2 Å². The highest BCUT2D eigenvalue weighted by molar-refractivity contribution is 8.54. The van der Waals surface area contributed by atoms with Crippen molar-refractivity contribution >= 4 is 18.2 Å². The number of aromatic hydroxyl groups is 2. The Balaban J connectivity index is 1.94. The van der Waals surface area contributed by atoms with Crippen molar-refractivity contribution in [1.29, 1.82) is 0 Å². The highest BCUT2D eigenvalue weighted by Crippen LogP contribution is 2.56. The Morgan fingerprint density at radius 2 is 1.57 bits per heavy atom. The van der Waals surface area contributed by atoms with Crippen LogP contribution in [-0.4, -0.2) is 20.0 Å². The molecule has 0 amide bonds. The van der Waals surface area contributed by atoms with Crippen molar-refractivity contribution in [2.75, 3.05) is 0 Å². The number of benzene rings is 2. The summed E-state index contributed by atoms with van der Waals surface area (Å²) in [4.78, 5) is 18.6. The molecule has 2 rings (SSSR count). The summed E-state index contributed by atoms with van der Waals surface area (Å²) >= 11 is 0.476. The zero-order valence-electron chi connectivity index (χ0n) is 12.4. The molecule has 0 fully saturated rings. The molecule has 2 aromatic carbocycles. The number of hydrogen-bond donors (Lipinski definition) is 4. The molecular formula is C16H19O5PS. The van der Waals surface area contributed by atoms with Crippen molar-refractivity contribution in [3.63, 3.8) is 0 Å². The van der Waals surface area contributed by atoms with Gasteiger partial charge in [0.2, 0.25) is 0 Å². The molecule has 0 aromatic heterocycles. The lowest BCUT2D eigenvalue weighted by atomic mass is 10.0. The summed E-state index contributed by atoms with van der Waals surface area (Å²) in [7, 11) is 0. The van der Waals surface area contributed by atoms with Gasteiger partial charge in [0.15, 0.2) is 0 Å². The average molecular weight is 354 g/mol. The van der Waals surface area contributed by atoms with Gasteiger partial charge in [-0.05, 0) is 66.9 Å². The molecule has 0 radical (unpaired) electrons. The first-order valence-corrected chi connectivity index (χ1v) is 10.2. The van der Waals surface area contributed by atoms with E-state index >= 15 is 0 Å². The number of phenolic OH excluding ortho intramolecular Hbond substituents is 2. The molecule has 0 saturated carbocycles. The Morgan fingerprint density at radius 3 is 2.22 bits per heavy atom. The molecule has 23 heavy (non-hydrogen) atoms. The maximum Gasteiger partial charge on any atom is 0.388 e. The first-order chi connectivity index (χ1) is 10.8. The fourth-order valence-electron chi connectivity index (χ4n) is 2.31. The quantitative estimate of drug-likeness (QED) is 0.445.